The van der Waals surface area contributed by atoms with Crippen LogP contribution in [0.5, 0.6) is 5.75 Å². The van der Waals surface area contributed by atoms with Crippen LogP contribution in [-0.4, -0.2) is 36.9 Å². The van der Waals surface area contributed by atoms with Crippen LogP contribution >= 0.6 is 23.2 Å². The Morgan fingerprint density at radius 1 is 0.980 bits per heavy atom. The molecule has 266 valence electrons. The second kappa shape index (κ2) is 12.7. The maximum atomic E-state index is 15.0. The molecule has 7 nitrogen and oxygen atoms in total. The van der Waals surface area contributed by atoms with Crippen molar-refractivity contribution in [3.8, 4) is 16.9 Å². The number of alkyl halides is 4. The zero-order valence-corrected chi connectivity index (χ0v) is 30.9. The fourth-order valence-electron chi connectivity index (χ4n) is 7.66. The Labute approximate surface area is 304 Å². The largest absolute Gasteiger partial charge is 0.494 e. The Morgan fingerprint density at radius 3 is 2.33 bits per heavy atom. The molecule has 1 amide bonds. The lowest BCUT2D eigenvalue weighted by Crippen LogP contribution is -2.47. The van der Waals surface area contributed by atoms with Crippen LogP contribution in [-0.2, 0) is 26.7 Å². The minimum Gasteiger partial charge on any atom is -0.494 e. The van der Waals surface area contributed by atoms with E-state index < -0.39 is 23.3 Å². The second-order valence-electron chi connectivity index (χ2n) is 13.5. The third kappa shape index (κ3) is 5.67. The SMILES string of the molecule is Cc1cc(OCCCc2c3n(c4c(-c5c(C)nn(C)c5C)cccc24)[C@H](C)C(Cl)N(c2cn(C)c4cc(C(F)(F)F)ccc24)C3=O)cc(C)c1Cl. The number of benzene rings is 3. The highest BCUT2D eigenvalue weighted by atomic mass is 35.5. The van der Waals surface area contributed by atoms with E-state index >= 15 is 0 Å². The van der Waals surface area contributed by atoms with Crippen LogP contribution in [0, 0.1) is 27.7 Å². The Balaban J connectivity index is 1.37. The predicted molar refractivity (Wildman–Crippen MR) is 197 cm³/mol. The van der Waals surface area contributed by atoms with Crippen LogP contribution in [0.3, 0.4) is 0 Å². The van der Waals surface area contributed by atoms with E-state index in [1.54, 1.807) is 17.8 Å². The first kappa shape index (κ1) is 35.0. The van der Waals surface area contributed by atoms with Crippen molar-refractivity contribution in [3.63, 3.8) is 0 Å². The third-order valence-electron chi connectivity index (χ3n) is 10.2. The molecule has 2 atom stereocenters. The number of carbonyl (C=O) groups excluding carboxylic acids is 1. The average Bonchev–Trinajstić information content (AvgIpc) is 3.67. The molecule has 0 radical (unpaired) electrons. The summed E-state index contributed by atoms with van der Waals surface area (Å²) in [6, 6.07) is 13.1. The Bertz CT molecular complexity index is 2350. The highest BCUT2D eigenvalue weighted by molar-refractivity contribution is 6.32. The Morgan fingerprint density at radius 2 is 1.69 bits per heavy atom. The summed E-state index contributed by atoms with van der Waals surface area (Å²) in [5, 5.41) is 6.83. The summed E-state index contributed by atoms with van der Waals surface area (Å²) in [5.41, 5.74) is 7.15. The van der Waals surface area contributed by atoms with E-state index in [4.69, 9.17) is 27.9 Å². The lowest BCUT2D eigenvalue weighted by molar-refractivity contribution is -0.137. The number of para-hydroxylation sites is 1. The molecule has 1 aliphatic heterocycles. The first-order chi connectivity index (χ1) is 24.1. The van der Waals surface area contributed by atoms with E-state index in [-0.39, 0.29) is 5.91 Å². The van der Waals surface area contributed by atoms with Crippen molar-refractivity contribution in [2.75, 3.05) is 11.5 Å². The van der Waals surface area contributed by atoms with Crippen molar-refractivity contribution >= 4 is 56.6 Å². The number of hydrogen-bond acceptors (Lipinski definition) is 3. The van der Waals surface area contributed by atoms with Gasteiger partial charge in [0.25, 0.3) is 5.91 Å². The first-order valence-electron chi connectivity index (χ1n) is 16.8. The molecule has 7 rings (SSSR count). The fraction of sp³-hybridized carbons (Fsp3) is 0.333. The van der Waals surface area contributed by atoms with Gasteiger partial charge in [-0.2, -0.15) is 18.3 Å². The summed E-state index contributed by atoms with van der Waals surface area (Å²) in [4.78, 5) is 16.5. The molecule has 0 N–H and O–H groups in total. The molecule has 51 heavy (non-hydrogen) atoms. The zero-order valence-electron chi connectivity index (χ0n) is 29.4. The van der Waals surface area contributed by atoms with Crippen molar-refractivity contribution in [3.05, 3.63) is 99.1 Å². The van der Waals surface area contributed by atoms with E-state index in [9.17, 15) is 18.0 Å². The molecule has 1 unspecified atom stereocenters. The van der Waals surface area contributed by atoms with Crippen LogP contribution < -0.4 is 9.64 Å². The van der Waals surface area contributed by atoms with Crippen molar-refractivity contribution in [2.45, 2.75) is 65.2 Å². The van der Waals surface area contributed by atoms with Gasteiger partial charge >= 0.3 is 6.18 Å². The maximum Gasteiger partial charge on any atom is 0.416 e. The number of halogens is 5. The Kier molecular flexibility index (Phi) is 8.70. The highest BCUT2D eigenvalue weighted by Gasteiger charge is 2.42. The van der Waals surface area contributed by atoms with Crippen molar-refractivity contribution in [1.29, 1.82) is 0 Å². The average molecular weight is 737 g/mol. The number of aromatic nitrogens is 4. The van der Waals surface area contributed by atoms with E-state index in [0.717, 1.165) is 68.0 Å². The summed E-state index contributed by atoms with van der Waals surface area (Å²) < 4.78 is 52.7. The van der Waals surface area contributed by atoms with Gasteiger partial charge in [0.2, 0.25) is 0 Å². The first-order valence-corrected chi connectivity index (χ1v) is 17.6. The van der Waals surface area contributed by atoms with Crippen LogP contribution in [0.4, 0.5) is 18.9 Å². The molecule has 0 bridgehead atoms. The molecule has 6 aromatic rings. The van der Waals surface area contributed by atoms with Gasteiger partial charge < -0.3 is 13.9 Å². The van der Waals surface area contributed by atoms with Gasteiger partial charge in [0, 0.05) is 52.9 Å². The van der Waals surface area contributed by atoms with Gasteiger partial charge in [-0.05, 0) is 88.4 Å². The standard InChI is InChI=1S/C39H38Cl2F3N5O2/c1-20-16-26(17-21(2)34(20)40)51-15-9-12-28-27-10-8-11-30(33-22(3)45-47(7)23(33)4)35(27)48-24(5)37(41)49(38(50)36(28)48)32-19-46(6)31-18-25(39(42,43)44)13-14-29(31)32/h8,10-11,13-14,16-19,24,37H,9,12,15H2,1-7H3/t24-,37?/m1/s1. The van der Waals surface area contributed by atoms with Gasteiger partial charge in [-0.3, -0.25) is 14.4 Å². The number of fused-ring (bicyclic) bond motifs is 4. The van der Waals surface area contributed by atoms with E-state index in [1.165, 1.54) is 11.0 Å². The molecule has 12 heteroatoms. The molecular formula is C39H38Cl2F3N5O2. The number of aryl methyl sites for hydroxylation is 6. The molecule has 0 saturated carbocycles. The summed E-state index contributed by atoms with van der Waals surface area (Å²) in [5.74, 6) is 0.413. The van der Waals surface area contributed by atoms with Crippen molar-refractivity contribution in [1.82, 2.24) is 18.9 Å². The third-order valence-corrected chi connectivity index (χ3v) is 11.3. The van der Waals surface area contributed by atoms with Crippen molar-refractivity contribution < 1.29 is 22.7 Å². The second-order valence-corrected chi connectivity index (χ2v) is 14.4. The number of hydrogen-bond donors (Lipinski definition) is 0. The number of ether oxygens (including phenoxy) is 1. The van der Waals surface area contributed by atoms with Gasteiger partial charge in [0.1, 0.15) is 16.9 Å². The lowest BCUT2D eigenvalue weighted by atomic mass is 9.98. The molecule has 0 saturated heterocycles. The van der Waals surface area contributed by atoms with Gasteiger partial charge in [0.05, 0.1) is 40.6 Å². The maximum absolute atomic E-state index is 15.0. The molecule has 0 spiro atoms. The number of carbonyl (C=O) groups is 1. The topological polar surface area (TPSA) is 57.2 Å². The lowest BCUT2D eigenvalue weighted by Gasteiger charge is -2.38. The van der Waals surface area contributed by atoms with Crippen LogP contribution in [0.25, 0.3) is 32.9 Å². The minimum absolute atomic E-state index is 0.317. The molecule has 0 fully saturated rings. The number of amides is 1. The van der Waals surface area contributed by atoms with E-state index in [1.807, 2.05) is 70.6 Å². The van der Waals surface area contributed by atoms with E-state index in [0.29, 0.717) is 46.8 Å². The minimum atomic E-state index is -4.50. The summed E-state index contributed by atoms with van der Waals surface area (Å²) in [6.45, 7) is 10.3. The summed E-state index contributed by atoms with van der Waals surface area (Å²) in [7, 11) is 3.58. The van der Waals surface area contributed by atoms with Crippen LogP contribution in [0.15, 0.2) is 54.7 Å². The molecule has 1 aliphatic rings. The van der Waals surface area contributed by atoms with Gasteiger partial charge in [0.15, 0.2) is 0 Å². The zero-order chi connectivity index (χ0) is 36.7. The smallest absolute Gasteiger partial charge is 0.416 e. The molecule has 3 aromatic carbocycles. The molecule has 0 aliphatic carbocycles. The fourth-order valence-corrected chi connectivity index (χ4v) is 8.07. The molecule has 4 heterocycles. The normalized spacial score (nSPS) is 16.5. The van der Waals surface area contributed by atoms with Crippen LogP contribution in [0.2, 0.25) is 5.02 Å². The quantitative estimate of drug-likeness (QED) is 0.0932. The van der Waals surface area contributed by atoms with Gasteiger partial charge in [-0.15, -0.1) is 0 Å². The Hall–Kier alpha value is -4.41. The molecular weight excluding hydrogens is 698 g/mol. The number of rotatable bonds is 7. The monoisotopic (exact) mass is 735 g/mol. The summed E-state index contributed by atoms with van der Waals surface area (Å²) >= 11 is 13.6. The number of anilines is 1. The van der Waals surface area contributed by atoms with Gasteiger partial charge in [-0.1, -0.05) is 47.5 Å². The number of nitrogens with zero attached hydrogens (tertiary/aromatic N) is 5. The predicted octanol–water partition coefficient (Wildman–Crippen LogP) is 10.2. The van der Waals surface area contributed by atoms with Gasteiger partial charge in [-0.25, -0.2) is 0 Å². The molecule has 3 aromatic heterocycles. The highest BCUT2D eigenvalue weighted by Crippen LogP contribution is 2.46. The van der Waals surface area contributed by atoms with E-state index in [2.05, 4.69) is 15.7 Å². The summed E-state index contributed by atoms with van der Waals surface area (Å²) in [6.07, 6.45) is -1.68. The van der Waals surface area contributed by atoms with Crippen LogP contribution in [0.1, 0.15) is 63.5 Å². The van der Waals surface area contributed by atoms with Crippen molar-refractivity contribution in [2.24, 2.45) is 14.1 Å².